The first-order valence-corrected chi connectivity index (χ1v) is 21.1. The second kappa shape index (κ2) is 14.1. The molecule has 0 N–H and O–H groups in total. The summed E-state index contributed by atoms with van der Waals surface area (Å²) in [5.74, 6) is -2.30. The van der Waals surface area contributed by atoms with Crippen LogP contribution in [0.15, 0.2) is 48.9 Å². The largest absolute Gasteiger partial charge is 0.456 e. The molecule has 5 aromatic rings. The van der Waals surface area contributed by atoms with Crippen molar-refractivity contribution in [3.63, 3.8) is 0 Å². The fourth-order valence-corrected chi connectivity index (χ4v) is 6.87. The number of hydrogen-bond acceptors (Lipinski definition) is 8. The smallest absolute Gasteiger partial charge is 0.410 e. The summed E-state index contributed by atoms with van der Waals surface area (Å²) in [6.07, 6.45) is 4.19. The number of rotatable bonds is 10. The highest BCUT2D eigenvalue weighted by molar-refractivity contribution is 6.76. The molecule has 272 valence electrons. The Morgan fingerprint density at radius 2 is 1.86 bits per heavy atom. The molecule has 51 heavy (non-hydrogen) atoms. The molecule has 1 aliphatic heterocycles. The third-order valence-corrected chi connectivity index (χ3v) is 10.8. The van der Waals surface area contributed by atoms with Gasteiger partial charge in [0.2, 0.25) is 0 Å². The van der Waals surface area contributed by atoms with Crippen molar-refractivity contribution in [3.05, 3.63) is 59.8 Å². The Bertz CT molecular complexity index is 2060. The first-order chi connectivity index (χ1) is 24.0. The normalized spacial score (nSPS) is 16.6. The number of benzene rings is 2. The van der Waals surface area contributed by atoms with Gasteiger partial charge in [0.25, 0.3) is 5.92 Å². The van der Waals surface area contributed by atoms with Crippen molar-refractivity contribution in [1.82, 2.24) is 34.2 Å². The van der Waals surface area contributed by atoms with E-state index in [1.165, 1.54) is 4.68 Å². The molecule has 1 amide bonds. The zero-order chi connectivity index (χ0) is 36.7. The molecule has 1 saturated heterocycles. The average Bonchev–Trinajstić information content (AvgIpc) is 3.63. The quantitative estimate of drug-likeness (QED) is 0.103. The number of aromatic nitrogens is 6. The van der Waals surface area contributed by atoms with Crippen molar-refractivity contribution in [2.24, 2.45) is 5.92 Å². The molecule has 1 fully saturated rings. The van der Waals surface area contributed by atoms with E-state index in [0.29, 0.717) is 47.1 Å². The Hall–Kier alpha value is -4.14. The summed E-state index contributed by atoms with van der Waals surface area (Å²) in [6.45, 7) is 14.6. The molecule has 1 atom stereocenters. The summed E-state index contributed by atoms with van der Waals surface area (Å²) in [6, 6.07) is 10.3. The first-order valence-electron chi connectivity index (χ1n) is 17.0. The minimum atomic E-state index is -3.11. The van der Waals surface area contributed by atoms with Crippen molar-refractivity contribution in [1.29, 1.82) is 0 Å². The van der Waals surface area contributed by atoms with Crippen LogP contribution in [0.3, 0.4) is 0 Å². The van der Waals surface area contributed by atoms with Gasteiger partial charge >= 0.3 is 6.09 Å². The first kappa shape index (κ1) is 36.6. The Balaban J connectivity index is 1.16. The Morgan fingerprint density at radius 1 is 1.10 bits per heavy atom. The van der Waals surface area contributed by atoms with Gasteiger partial charge in [-0.3, -0.25) is 9.67 Å². The molecule has 11 nitrogen and oxygen atoms in total. The lowest BCUT2D eigenvalue weighted by atomic mass is 9.93. The number of likely N-dealkylation sites (tertiary alicyclic amines) is 1. The van der Waals surface area contributed by atoms with Crippen LogP contribution in [0.25, 0.3) is 33.3 Å². The van der Waals surface area contributed by atoms with Crippen LogP contribution in [0.4, 0.5) is 13.6 Å². The van der Waals surface area contributed by atoms with Crippen LogP contribution in [0.5, 0.6) is 11.5 Å². The number of carbonyl (C=O) groups is 1. The number of aryl methyl sites for hydroxylation is 1. The van der Waals surface area contributed by atoms with E-state index in [1.54, 1.807) is 51.5 Å². The second-order valence-corrected chi connectivity index (χ2v) is 21.3. The van der Waals surface area contributed by atoms with E-state index >= 15 is 8.78 Å². The molecular weight excluding hydrogens is 696 g/mol. The van der Waals surface area contributed by atoms with Crippen LogP contribution in [0.2, 0.25) is 30.7 Å². The molecule has 1 aliphatic rings. The van der Waals surface area contributed by atoms with E-state index < -0.39 is 38.2 Å². The lowest BCUT2D eigenvalue weighted by Crippen LogP contribution is -2.52. The van der Waals surface area contributed by atoms with Gasteiger partial charge in [-0.15, -0.1) is 0 Å². The topological polar surface area (TPSA) is 109 Å². The number of alkyl halides is 2. The van der Waals surface area contributed by atoms with Crippen molar-refractivity contribution < 1.29 is 27.8 Å². The van der Waals surface area contributed by atoms with E-state index in [4.69, 9.17) is 30.8 Å². The number of halogens is 3. The summed E-state index contributed by atoms with van der Waals surface area (Å²) in [4.78, 5) is 27.4. The standard InChI is InChI=1S/C36H44ClF2N7O4Si/c1-23-42-27-9-8-26(16-30(27)46(23)22-48-14-15-51(5,6)7)49-31-11-10-28-33(32(31)37)43-29(18-40-28)24-17-41-45(19-24)20-25-12-13-44(21-36(25,38)39)34(47)50-35(2,3)4/h8-11,16-19,25H,12-15,20-22H2,1-7H3. The van der Waals surface area contributed by atoms with Crippen LogP contribution < -0.4 is 4.74 Å². The van der Waals surface area contributed by atoms with Crippen LogP contribution >= 0.6 is 11.6 Å². The Labute approximate surface area is 301 Å². The summed E-state index contributed by atoms with van der Waals surface area (Å²) >= 11 is 6.86. The van der Waals surface area contributed by atoms with Gasteiger partial charge in [0.15, 0.2) is 0 Å². The predicted molar refractivity (Wildman–Crippen MR) is 195 cm³/mol. The maximum Gasteiger partial charge on any atom is 0.410 e. The molecule has 0 aliphatic carbocycles. The molecule has 0 bridgehead atoms. The monoisotopic (exact) mass is 739 g/mol. The van der Waals surface area contributed by atoms with Gasteiger partial charge in [-0.05, 0) is 64.4 Å². The molecule has 2 aromatic carbocycles. The fourth-order valence-electron chi connectivity index (χ4n) is 5.87. The van der Waals surface area contributed by atoms with Gasteiger partial charge in [0.05, 0.1) is 41.2 Å². The maximum absolute atomic E-state index is 15.2. The van der Waals surface area contributed by atoms with Crippen LogP contribution in [-0.2, 0) is 22.7 Å². The number of nitrogens with zero attached hydrogens (tertiary/aromatic N) is 7. The van der Waals surface area contributed by atoms with Gasteiger partial charge < -0.3 is 23.7 Å². The van der Waals surface area contributed by atoms with Crippen LogP contribution in [0, 0.1) is 12.8 Å². The summed E-state index contributed by atoms with van der Waals surface area (Å²) in [5.41, 5.74) is 3.04. The number of amides is 1. The molecule has 6 rings (SSSR count). The molecule has 0 spiro atoms. The van der Waals surface area contributed by atoms with Gasteiger partial charge in [-0.1, -0.05) is 31.2 Å². The Morgan fingerprint density at radius 3 is 2.59 bits per heavy atom. The zero-order valence-corrected chi connectivity index (χ0v) is 31.8. The van der Waals surface area contributed by atoms with Gasteiger partial charge in [-0.2, -0.15) is 5.10 Å². The molecule has 0 saturated carbocycles. The molecule has 3 aromatic heterocycles. The van der Waals surface area contributed by atoms with Gasteiger partial charge in [0, 0.05) is 51.5 Å². The SMILES string of the molecule is Cc1nc2ccc(Oc3ccc4ncc(-c5cnn(CC6CCN(C(=O)OC(C)(C)C)CC6(F)F)c5)nc4c3Cl)cc2n1COCC[Si](C)(C)C. The number of imidazole rings is 1. The van der Waals surface area contributed by atoms with Crippen LogP contribution in [-0.4, -0.2) is 79.6 Å². The lowest BCUT2D eigenvalue weighted by molar-refractivity contribution is -0.115. The molecule has 4 heterocycles. The highest BCUT2D eigenvalue weighted by atomic mass is 35.5. The van der Waals surface area contributed by atoms with Crippen molar-refractivity contribution in [2.75, 3.05) is 19.7 Å². The zero-order valence-electron chi connectivity index (χ0n) is 30.0. The number of hydrogen-bond donors (Lipinski definition) is 0. The maximum atomic E-state index is 15.2. The highest BCUT2D eigenvalue weighted by Gasteiger charge is 2.46. The minimum Gasteiger partial charge on any atom is -0.456 e. The molecule has 0 radical (unpaired) electrons. The highest BCUT2D eigenvalue weighted by Crippen LogP contribution is 2.37. The summed E-state index contributed by atoms with van der Waals surface area (Å²) in [5, 5.41) is 4.62. The predicted octanol–water partition coefficient (Wildman–Crippen LogP) is 8.80. The van der Waals surface area contributed by atoms with Crippen molar-refractivity contribution in [3.8, 4) is 22.8 Å². The van der Waals surface area contributed by atoms with Gasteiger partial charge in [-0.25, -0.2) is 23.5 Å². The third-order valence-electron chi connectivity index (χ3n) is 8.71. The Kier molecular flexibility index (Phi) is 10.1. The lowest BCUT2D eigenvalue weighted by Gasteiger charge is -2.38. The van der Waals surface area contributed by atoms with Crippen molar-refractivity contribution in [2.45, 2.75) is 84.6 Å². The van der Waals surface area contributed by atoms with E-state index in [9.17, 15) is 4.79 Å². The number of fused-ring (bicyclic) bond motifs is 2. The van der Waals surface area contributed by atoms with E-state index in [2.05, 4.69) is 34.7 Å². The number of piperidine rings is 1. The second-order valence-electron chi connectivity index (χ2n) is 15.3. The van der Waals surface area contributed by atoms with E-state index in [1.807, 2.05) is 29.7 Å². The van der Waals surface area contributed by atoms with Crippen LogP contribution in [0.1, 0.15) is 33.0 Å². The molecule has 1 unspecified atom stereocenters. The van der Waals surface area contributed by atoms with Crippen molar-refractivity contribution >= 4 is 47.8 Å². The fraction of sp³-hybridized carbons (Fsp3) is 0.472. The minimum absolute atomic E-state index is 0.0255. The van der Waals surface area contributed by atoms with E-state index in [0.717, 1.165) is 27.8 Å². The van der Waals surface area contributed by atoms with E-state index in [-0.39, 0.29) is 24.5 Å². The average molecular weight is 740 g/mol. The summed E-state index contributed by atoms with van der Waals surface area (Å²) in [7, 11) is -1.20. The molecule has 15 heteroatoms. The third kappa shape index (κ3) is 8.67. The van der Waals surface area contributed by atoms with Gasteiger partial charge in [0.1, 0.15) is 40.2 Å². The number of carbonyl (C=O) groups excluding carboxylic acids is 1. The summed E-state index contributed by atoms with van der Waals surface area (Å²) < 4.78 is 51.5. The number of ether oxygens (including phenoxy) is 3. The molecular formula is C36H44ClF2N7O4Si.